The number of aromatic nitrogens is 2. The van der Waals surface area contributed by atoms with E-state index in [0.717, 1.165) is 23.4 Å². The van der Waals surface area contributed by atoms with Crippen molar-refractivity contribution in [3.05, 3.63) is 65.9 Å². The normalized spacial score (nSPS) is 11.1. The summed E-state index contributed by atoms with van der Waals surface area (Å²) in [5.74, 6) is 0.719. The summed E-state index contributed by atoms with van der Waals surface area (Å²) in [5, 5.41) is 15.5. The summed E-state index contributed by atoms with van der Waals surface area (Å²) in [7, 11) is 0. The minimum Gasteiger partial charge on any atom is -0.504 e. The molecule has 23 heavy (non-hydrogen) atoms. The number of rotatable bonds is 4. The lowest BCUT2D eigenvalue weighted by Gasteiger charge is -2.10. The Balaban J connectivity index is 2.18. The number of hydrogen-bond acceptors (Lipinski definition) is 2. The van der Waals surface area contributed by atoms with Crippen molar-refractivity contribution >= 4 is 0 Å². The van der Waals surface area contributed by atoms with Crippen molar-refractivity contribution in [3.63, 3.8) is 0 Å². The number of aromatic hydroxyl groups is 1. The summed E-state index contributed by atoms with van der Waals surface area (Å²) in [6.45, 7) is 6.36. The van der Waals surface area contributed by atoms with Crippen LogP contribution < -0.4 is 0 Å². The molecule has 3 heteroatoms. The van der Waals surface area contributed by atoms with Gasteiger partial charge in [-0.05, 0) is 37.0 Å². The van der Waals surface area contributed by atoms with E-state index in [9.17, 15) is 5.11 Å². The van der Waals surface area contributed by atoms with Crippen LogP contribution in [-0.4, -0.2) is 14.9 Å². The first kappa shape index (κ1) is 15.3. The Morgan fingerprint density at radius 2 is 1.78 bits per heavy atom. The molecule has 0 bridgehead atoms. The predicted molar refractivity (Wildman–Crippen MR) is 93.9 cm³/mol. The molecule has 3 rings (SSSR count). The molecule has 0 aliphatic carbocycles. The van der Waals surface area contributed by atoms with Gasteiger partial charge in [0.25, 0.3) is 0 Å². The van der Waals surface area contributed by atoms with Gasteiger partial charge in [0.05, 0.1) is 11.4 Å². The van der Waals surface area contributed by atoms with Crippen LogP contribution in [-0.2, 0) is 6.42 Å². The Labute approximate surface area is 137 Å². The fourth-order valence-electron chi connectivity index (χ4n) is 2.78. The van der Waals surface area contributed by atoms with E-state index >= 15 is 0 Å². The summed E-state index contributed by atoms with van der Waals surface area (Å²) in [4.78, 5) is 0. The molecule has 0 atom stereocenters. The fraction of sp³-hybridized carbons (Fsp3) is 0.250. The van der Waals surface area contributed by atoms with Crippen LogP contribution in [0.4, 0.5) is 0 Å². The Bertz CT molecular complexity index is 804. The van der Waals surface area contributed by atoms with Crippen molar-refractivity contribution in [2.24, 2.45) is 5.92 Å². The summed E-state index contributed by atoms with van der Waals surface area (Å²) >= 11 is 0. The Morgan fingerprint density at radius 3 is 2.43 bits per heavy atom. The zero-order valence-corrected chi connectivity index (χ0v) is 13.8. The molecule has 0 amide bonds. The Morgan fingerprint density at radius 1 is 1.04 bits per heavy atom. The highest BCUT2D eigenvalue weighted by Gasteiger charge is 2.20. The highest BCUT2D eigenvalue weighted by atomic mass is 16.3. The topological polar surface area (TPSA) is 38.0 Å². The molecule has 0 spiro atoms. The van der Waals surface area contributed by atoms with Crippen LogP contribution in [0.1, 0.15) is 25.1 Å². The third-order valence-electron chi connectivity index (χ3n) is 3.85. The molecule has 0 unspecified atom stereocenters. The second kappa shape index (κ2) is 6.29. The van der Waals surface area contributed by atoms with Gasteiger partial charge in [-0.25, -0.2) is 4.68 Å². The molecule has 0 fully saturated rings. The summed E-state index contributed by atoms with van der Waals surface area (Å²) in [5.41, 5.74) is 4.60. The first-order chi connectivity index (χ1) is 11.1. The molecule has 0 radical (unpaired) electrons. The number of hydrogen-bond donors (Lipinski definition) is 1. The van der Waals surface area contributed by atoms with Crippen LogP contribution in [0.5, 0.6) is 5.75 Å². The quantitative estimate of drug-likeness (QED) is 0.755. The molecular weight excluding hydrogens is 284 g/mol. The molecule has 118 valence electrons. The minimum atomic E-state index is 0.284. The second-order valence-corrected chi connectivity index (χ2v) is 6.36. The van der Waals surface area contributed by atoms with Crippen molar-refractivity contribution in [3.8, 4) is 22.7 Å². The van der Waals surface area contributed by atoms with E-state index in [4.69, 9.17) is 5.10 Å². The fourth-order valence-corrected chi connectivity index (χ4v) is 2.78. The van der Waals surface area contributed by atoms with Crippen LogP contribution in [0, 0.1) is 12.8 Å². The minimum absolute atomic E-state index is 0.284. The third-order valence-corrected chi connectivity index (χ3v) is 3.85. The van der Waals surface area contributed by atoms with Crippen molar-refractivity contribution in [2.45, 2.75) is 27.2 Å². The molecule has 0 saturated carbocycles. The highest BCUT2D eigenvalue weighted by molar-refractivity contribution is 5.68. The Kier molecular flexibility index (Phi) is 4.20. The summed E-state index contributed by atoms with van der Waals surface area (Å²) < 4.78 is 1.88. The number of benzene rings is 2. The zero-order valence-electron chi connectivity index (χ0n) is 13.8. The lowest BCUT2D eigenvalue weighted by molar-refractivity contribution is 0.461. The van der Waals surface area contributed by atoms with Gasteiger partial charge in [-0.1, -0.05) is 56.3 Å². The van der Waals surface area contributed by atoms with Crippen molar-refractivity contribution in [1.82, 2.24) is 9.78 Å². The first-order valence-corrected chi connectivity index (χ1v) is 7.99. The molecule has 0 aliphatic rings. The van der Waals surface area contributed by atoms with E-state index in [-0.39, 0.29) is 5.75 Å². The van der Waals surface area contributed by atoms with Gasteiger partial charge in [-0.2, -0.15) is 5.10 Å². The monoisotopic (exact) mass is 306 g/mol. The molecule has 0 aliphatic heterocycles. The van der Waals surface area contributed by atoms with Crippen LogP contribution in [0.25, 0.3) is 16.9 Å². The molecule has 1 heterocycles. The summed E-state index contributed by atoms with van der Waals surface area (Å²) in [6, 6.07) is 18.0. The maximum atomic E-state index is 10.8. The summed E-state index contributed by atoms with van der Waals surface area (Å²) in [6.07, 6.45) is 0.777. The van der Waals surface area contributed by atoms with E-state index < -0.39 is 0 Å². The SMILES string of the molecule is Cc1cccc(-n2nc(-c3ccccc3)c(O)c2CC(C)C)c1. The van der Waals surface area contributed by atoms with Gasteiger partial charge >= 0.3 is 0 Å². The van der Waals surface area contributed by atoms with E-state index in [2.05, 4.69) is 32.9 Å². The van der Waals surface area contributed by atoms with Crippen LogP contribution in [0.2, 0.25) is 0 Å². The highest BCUT2D eigenvalue weighted by Crippen LogP contribution is 2.34. The van der Waals surface area contributed by atoms with Crippen LogP contribution in [0.3, 0.4) is 0 Å². The molecule has 1 N–H and O–H groups in total. The molecule has 3 nitrogen and oxygen atoms in total. The van der Waals surface area contributed by atoms with Crippen LogP contribution in [0.15, 0.2) is 54.6 Å². The standard InChI is InChI=1S/C20H22N2O/c1-14(2)12-18-20(23)19(16-9-5-4-6-10-16)21-22(18)17-11-7-8-15(3)13-17/h4-11,13-14,23H,12H2,1-3H3. The molecule has 0 saturated heterocycles. The first-order valence-electron chi connectivity index (χ1n) is 7.99. The predicted octanol–water partition coefficient (Wildman–Crippen LogP) is 4.75. The van der Waals surface area contributed by atoms with Crippen molar-refractivity contribution in [2.75, 3.05) is 0 Å². The van der Waals surface area contributed by atoms with Gasteiger partial charge in [0.2, 0.25) is 0 Å². The van der Waals surface area contributed by atoms with Gasteiger partial charge in [-0.3, -0.25) is 0 Å². The average molecular weight is 306 g/mol. The molecule has 3 aromatic rings. The number of nitrogens with zero attached hydrogens (tertiary/aromatic N) is 2. The van der Waals surface area contributed by atoms with Gasteiger partial charge in [0.1, 0.15) is 5.69 Å². The maximum Gasteiger partial charge on any atom is 0.165 e. The smallest absolute Gasteiger partial charge is 0.165 e. The maximum absolute atomic E-state index is 10.8. The number of aryl methyl sites for hydroxylation is 1. The molecule has 1 aromatic heterocycles. The lowest BCUT2D eigenvalue weighted by Crippen LogP contribution is -2.05. The van der Waals surface area contributed by atoms with Gasteiger partial charge in [0, 0.05) is 5.56 Å². The largest absolute Gasteiger partial charge is 0.504 e. The van der Waals surface area contributed by atoms with Crippen molar-refractivity contribution in [1.29, 1.82) is 0 Å². The average Bonchev–Trinajstić information content (AvgIpc) is 2.85. The zero-order chi connectivity index (χ0) is 16.4. The lowest BCUT2D eigenvalue weighted by atomic mass is 10.1. The third kappa shape index (κ3) is 3.14. The van der Waals surface area contributed by atoms with E-state index in [1.165, 1.54) is 5.56 Å². The van der Waals surface area contributed by atoms with Crippen molar-refractivity contribution < 1.29 is 5.11 Å². The van der Waals surface area contributed by atoms with Gasteiger partial charge in [-0.15, -0.1) is 0 Å². The molecular formula is C20H22N2O. The van der Waals surface area contributed by atoms with E-state index in [1.807, 2.05) is 47.1 Å². The van der Waals surface area contributed by atoms with Gasteiger partial charge < -0.3 is 5.11 Å². The van der Waals surface area contributed by atoms with E-state index in [1.54, 1.807) is 0 Å². The Hall–Kier alpha value is -2.55. The van der Waals surface area contributed by atoms with Gasteiger partial charge in [0.15, 0.2) is 5.75 Å². The second-order valence-electron chi connectivity index (χ2n) is 6.36. The molecule has 2 aromatic carbocycles. The van der Waals surface area contributed by atoms with E-state index in [0.29, 0.717) is 11.6 Å². The van der Waals surface area contributed by atoms with Crippen LogP contribution >= 0.6 is 0 Å².